The quantitative estimate of drug-likeness (QED) is 0.639. The van der Waals surface area contributed by atoms with E-state index in [1.54, 1.807) is 4.68 Å². The van der Waals surface area contributed by atoms with Crippen molar-refractivity contribution in [2.75, 3.05) is 7.11 Å². The Balaban J connectivity index is 2.24. The van der Waals surface area contributed by atoms with E-state index in [4.69, 9.17) is 0 Å². The first-order chi connectivity index (χ1) is 6.22. The first-order valence-corrected chi connectivity index (χ1v) is 4.16. The third kappa shape index (κ3) is 3.23. The standard InChI is InChI=1S/C8H13N3O2/c1-7-6-11(10-9-7)5-3-4-8(12)13-2/h6H,3-5H2,1-2H3. The molecule has 72 valence electrons. The summed E-state index contributed by atoms with van der Waals surface area (Å²) < 4.78 is 6.23. The van der Waals surface area contributed by atoms with Gasteiger partial charge in [-0.25, -0.2) is 0 Å². The van der Waals surface area contributed by atoms with Gasteiger partial charge in [-0.05, 0) is 13.3 Å². The molecule has 1 heterocycles. The Labute approximate surface area is 76.7 Å². The van der Waals surface area contributed by atoms with Gasteiger partial charge in [-0.1, -0.05) is 5.21 Å². The number of nitrogens with zero attached hydrogens (tertiary/aromatic N) is 3. The number of ether oxygens (including phenoxy) is 1. The van der Waals surface area contributed by atoms with Crippen LogP contribution in [0.1, 0.15) is 18.5 Å². The molecule has 1 aromatic heterocycles. The molecule has 1 aromatic rings. The van der Waals surface area contributed by atoms with E-state index in [2.05, 4.69) is 15.0 Å². The second-order valence-corrected chi connectivity index (χ2v) is 2.80. The van der Waals surface area contributed by atoms with Gasteiger partial charge in [-0.2, -0.15) is 0 Å². The van der Waals surface area contributed by atoms with Crippen molar-refractivity contribution in [1.29, 1.82) is 0 Å². The molecule has 1 rings (SSSR count). The van der Waals surface area contributed by atoms with Crippen molar-refractivity contribution in [3.63, 3.8) is 0 Å². The van der Waals surface area contributed by atoms with Gasteiger partial charge in [-0.15, -0.1) is 5.10 Å². The lowest BCUT2D eigenvalue weighted by Gasteiger charge is -1.98. The normalized spacial score (nSPS) is 10.0. The molecule has 0 atom stereocenters. The zero-order valence-electron chi connectivity index (χ0n) is 7.86. The molecule has 0 aliphatic carbocycles. The lowest BCUT2D eigenvalue weighted by atomic mass is 10.3. The van der Waals surface area contributed by atoms with E-state index in [0.717, 1.165) is 12.1 Å². The Bertz CT molecular complexity index is 283. The van der Waals surface area contributed by atoms with E-state index in [-0.39, 0.29) is 5.97 Å². The van der Waals surface area contributed by atoms with E-state index in [1.807, 2.05) is 13.1 Å². The van der Waals surface area contributed by atoms with Gasteiger partial charge in [0.05, 0.1) is 12.8 Å². The topological polar surface area (TPSA) is 57.0 Å². The molecule has 0 aromatic carbocycles. The van der Waals surface area contributed by atoms with Crippen molar-refractivity contribution >= 4 is 5.97 Å². The smallest absolute Gasteiger partial charge is 0.305 e. The van der Waals surface area contributed by atoms with E-state index in [9.17, 15) is 4.79 Å². The van der Waals surface area contributed by atoms with E-state index < -0.39 is 0 Å². The number of hydrogen-bond acceptors (Lipinski definition) is 4. The molecule has 0 amide bonds. The number of carbonyl (C=O) groups excluding carboxylic acids is 1. The van der Waals surface area contributed by atoms with Gasteiger partial charge in [0.15, 0.2) is 0 Å². The fourth-order valence-corrected chi connectivity index (χ4v) is 0.992. The van der Waals surface area contributed by atoms with Crippen LogP contribution in [0.3, 0.4) is 0 Å². The molecule has 5 heteroatoms. The van der Waals surface area contributed by atoms with Crippen LogP contribution >= 0.6 is 0 Å². The summed E-state index contributed by atoms with van der Waals surface area (Å²) >= 11 is 0. The highest BCUT2D eigenvalue weighted by Crippen LogP contribution is 1.96. The van der Waals surface area contributed by atoms with Gasteiger partial charge in [0, 0.05) is 19.2 Å². The maximum absolute atomic E-state index is 10.7. The van der Waals surface area contributed by atoms with Gasteiger partial charge in [0.2, 0.25) is 0 Å². The number of aromatic nitrogens is 3. The molecule has 0 bridgehead atoms. The molecule has 13 heavy (non-hydrogen) atoms. The van der Waals surface area contributed by atoms with Crippen LogP contribution < -0.4 is 0 Å². The molecular formula is C8H13N3O2. The van der Waals surface area contributed by atoms with Gasteiger partial charge in [-0.3, -0.25) is 9.48 Å². The number of carbonyl (C=O) groups is 1. The summed E-state index contributed by atoms with van der Waals surface area (Å²) in [5.41, 5.74) is 0.887. The molecule has 0 fully saturated rings. The summed E-state index contributed by atoms with van der Waals surface area (Å²) in [6, 6.07) is 0. The van der Waals surface area contributed by atoms with Crippen molar-refractivity contribution in [3.8, 4) is 0 Å². The maximum atomic E-state index is 10.7. The van der Waals surface area contributed by atoms with Crippen LogP contribution in [0.15, 0.2) is 6.20 Å². The van der Waals surface area contributed by atoms with Crippen LogP contribution in [0.2, 0.25) is 0 Å². The first-order valence-electron chi connectivity index (χ1n) is 4.16. The highest BCUT2D eigenvalue weighted by Gasteiger charge is 2.00. The molecule has 0 saturated carbocycles. The summed E-state index contributed by atoms with van der Waals surface area (Å²) in [5.74, 6) is -0.183. The fraction of sp³-hybridized carbons (Fsp3) is 0.625. The minimum atomic E-state index is -0.183. The molecule has 0 aliphatic rings. The predicted octanol–water partition coefficient (Wildman–Crippen LogP) is 0.540. The van der Waals surface area contributed by atoms with Crippen molar-refractivity contribution in [2.24, 2.45) is 0 Å². The molecule has 0 unspecified atom stereocenters. The van der Waals surface area contributed by atoms with Crippen LogP contribution in [0.5, 0.6) is 0 Å². The molecule has 0 saturated heterocycles. The van der Waals surface area contributed by atoms with E-state index in [1.165, 1.54) is 7.11 Å². The summed E-state index contributed by atoms with van der Waals surface area (Å²) in [4.78, 5) is 10.7. The Morgan fingerprint density at radius 3 is 3.00 bits per heavy atom. The number of aryl methyl sites for hydroxylation is 2. The van der Waals surface area contributed by atoms with Crippen molar-refractivity contribution in [1.82, 2.24) is 15.0 Å². The summed E-state index contributed by atoms with van der Waals surface area (Å²) in [6.07, 6.45) is 3.00. The molecule has 0 spiro atoms. The van der Waals surface area contributed by atoms with Crippen molar-refractivity contribution in [2.45, 2.75) is 26.3 Å². The summed E-state index contributed by atoms with van der Waals surface area (Å²) in [6.45, 7) is 2.58. The van der Waals surface area contributed by atoms with Gasteiger partial charge >= 0.3 is 5.97 Å². The average molecular weight is 183 g/mol. The second-order valence-electron chi connectivity index (χ2n) is 2.80. The van der Waals surface area contributed by atoms with Crippen LogP contribution in [0.25, 0.3) is 0 Å². The van der Waals surface area contributed by atoms with Gasteiger partial charge < -0.3 is 4.74 Å². The largest absolute Gasteiger partial charge is 0.469 e. The third-order valence-electron chi connectivity index (χ3n) is 1.65. The molecule has 0 N–H and O–H groups in total. The molecule has 0 aliphatic heterocycles. The minimum Gasteiger partial charge on any atom is -0.469 e. The van der Waals surface area contributed by atoms with Crippen molar-refractivity contribution in [3.05, 3.63) is 11.9 Å². The fourth-order valence-electron chi connectivity index (χ4n) is 0.992. The van der Waals surface area contributed by atoms with E-state index >= 15 is 0 Å². The minimum absolute atomic E-state index is 0.183. The second kappa shape index (κ2) is 4.59. The third-order valence-corrected chi connectivity index (χ3v) is 1.65. The van der Waals surface area contributed by atoms with Gasteiger partial charge in [0.1, 0.15) is 0 Å². The zero-order valence-corrected chi connectivity index (χ0v) is 7.86. The van der Waals surface area contributed by atoms with Crippen LogP contribution in [-0.2, 0) is 16.1 Å². The van der Waals surface area contributed by atoms with Crippen LogP contribution in [0.4, 0.5) is 0 Å². The zero-order chi connectivity index (χ0) is 9.68. The highest BCUT2D eigenvalue weighted by atomic mass is 16.5. The predicted molar refractivity (Wildman–Crippen MR) is 46.0 cm³/mol. The van der Waals surface area contributed by atoms with Crippen LogP contribution in [0, 0.1) is 6.92 Å². The van der Waals surface area contributed by atoms with Crippen molar-refractivity contribution < 1.29 is 9.53 Å². The SMILES string of the molecule is COC(=O)CCCn1cc(C)nn1. The first kappa shape index (κ1) is 9.70. The summed E-state index contributed by atoms with van der Waals surface area (Å²) in [7, 11) is 1.39. The lowest BCUT2D eigenvalue weighted by Crippen LogP contribution is -2.04. The van der Waals surface area contributed by atoms with E-state index in [0.29, 0.717) is 13.0 Å². The van der Waals surface area contributed by atoms with Gasteiger partial charge in [0.25, 0.3) is 0 Å². The Morgan fingerprint density at radius 2 is 2.46 bits per heavy atom. The molecule has 5 nitrogen and oxygen atoms in total. The highest BCUT2D eigenvalue weighted by molar-refractivity contribution is 5.68. The maximum Gasteiger partial charge on any atom is 0.305 e. The lowest BCUT2D eigenvalue weighted by molar-refractivity contribution is -0.140. The number of rotatable bonds is 4. The Morgan fingerprint density at radius 1 is 1.69 bits per heavy atom. The number of methoxy groups -OCH3 is 1. The summed E-state index contributed by atoms with van der Waals surface area (Å²) in [5, 5.41) is 7.68. The monoisotopic (exact) mass is 183 g/mol. The average Bonchev–Trinajstić information content (AvgIpc) is 2.51. The molecule has 0 radical (unpaired) electrons. The van der Waals surface area contributed by atoms with Crippen LogP contribution in [-0.4, -0.2) is 28.1 Å². The Kier molecular flexibility index (Phi) is 3.42. The number of hydrogen-bond donors (Lipinski definition) is 0. The number of esters is 1. The molecular weight excluding hydrogens is 170 g/mol. The Hall–Kier alpha value is -1.39.